The molecule has 3 aromatic rings. The SMILES string of the molecule is C=Cc1cc2c(s1)-c1sc3c(C)csc3c1NC2. The van der Waals surface area contributed by atoms with Crippen LogP contribution in [0.15, 0.2) is 18.0 Å². The number of nitrogens with one attached hydrogen (secondary N) is 1. The highest BCUT2D eigenvalue weighted by molar-refractivity contribution is 7.32. The van der Waals surface area contributed by atoms with E-state index in [4.69, 9.17) is 0 Å². The van der Waals surface area contributed by atoms with Crippen molar-refractivity contribution in [2.24, 2.45) is 0 Å². The Bertz CT molecular complexity index is 773. The first-order valence-corrected chi connectivity index (χ1v) is 8.29. The summed E-state index contributed by atoms with van der Waals surface area (Å²) in [5.74, 6) is 0. The summed E-state index contributed by atoms with van der Waals surface area (Å²) in [4.78, 5) is 4.12. The number of hydrogen-bond donors (Lipinski definition) is 1. The monoisotopic (exact) mass is 289 g/mol. The molecule has 4 heteroatoms. The van der Waals surface area contributed by atoms with E-state index in [-0.39, 0.29) is 0 Å². The van der Waals surface area contributed by atoms with Gasteiger partial charge in [0.05, 0.1) is 24.8 Å². The molecular formula is C14H11NS3. The average molecular weight is 289 g/mol. The minimum absolute atomic E-state index is 0.940. The molecular weight excluding hydrogens is 278 g/mol. The van der Waals surface area contributed by atoms with Crippen molar-refractivity contribution >= 4 is 55.2 Å². The summed E-state index contributed by atoms with van der Waals surface area (Å²) in [5.41, 5.74) is 4.16. The topological polar surface area (TPSA) is 12.0 Å². The van der Waals surface area contributed by atoms with Crippen molar-refractivity contribution in [1.82, 2.24) is 0 Å². The fourth-order valence-corrected chi connectivity index (χ4v) is 6.09. The van der Waals surface area contributed by atoms with Crippen molar-refractivity contribution in [1.29, 1.82) is 0 Å². The van der Waals surface area contributed by atoms with E-state index in [0.717, 1.165) is 6.54 Å². The number of hydrogen-bond acceptors (Lipinski definition) is 4. The van der Waals surface area contributed by atoms with Gasteiger partial charge in [-0.1, -0.05) is 12.7 Å². The van der Waals surface area contributed by atoms with Gasteiger partial charge < -0.3 is 5.32 Å². The molecule has 90 valence electrons. The van der Waals surface area contributed by atoms with Crippen LogP contribution in [0.4, 0.5) is 5.69 Å². The normalized spacial score (nSPS) is 13.2. The van der Waals surface area contributed by atoms with Gasteiger partial charge >= 0.3 is 0 Å². The average Bonchev–Trinajstić information content (AvgIpc) is 3.03. The quantitative estimate of drug-likeness (QED) is 0.617. The molecule has 0 fully saturated rings. The standard InChI is InChI=1S/C14H11NS3/c1-3-9-4-8-5-15-10-13-11(7(2)6-16-13)18-14(10)12(8)17-9/h3-4,6,15H,1,5H2,2H3. The molecule has 0 aromatic carbocycles. The second kappa shape index (κ2) is 3.70. The van der Waals surface area contributed by atoms with Gasteiger partial charge in [-0.3, -0.25) is 0 Å². The van der Waals surface area contributed by atoms with E-state index in [1.165, 1.54) is 40.8 Å². The van der Waals surface area contributed by atoms with Gasteiger partial charge in [0, 0.05) is 11.4 Å². The summed E-state index contributed by atoms with van der Waals surface area (Å²) in [7, 11) is 0. The number of fused-ring (bicyclic) bond motifs is 5. The van der Waals surface area contributed by atoms with Gasteiger partial charge in [-0.05, 0) is 29.5 Å². The molecule has 0 radical (unpaired) electrons. The third-order valence-electron chi connectivity index (χ3n) is 3.27. The van der Waals surface area contributed by atoms with Gasteiger partial charge in [-0.2, -0.15) is 0 Å². The number of thiophene rings is 3. The Morgan fingerprint density at radius 1 is 1.28 bits per heavy atom. The van der Waals surface area contributed by atoms with Crippen molar-refractivity contribution in [3.8, 4) is 9.75 Å². The highest BCUT2D eigenvalue weighted by atomic mass is 32.1. The molecule has 0 bridgehead atoms. The predicted molar refractivity (Wildman–Crippen MR) is 85.2 cm³/mol. The Balaban J connectivity index is 2.04. The Morgan fingerprint density at radius 2 is 2.17 bits per heavy atom. The molecule has 4 heterocycles. The Morgan fingerprint density at radius 3 is 3.00 bits per heavy atom. The van der Waals surface area contributed by atoms with Gasteiger partial charge in [0.15, 0.2) is 0 Å². The summed E-state index contributed by atoms with van der Waals surface area (Å²) in [6.07, 6.45) is 1.95. The summed E-state index contributed by atoms with van der Waals surface area (Å²) >= 11 is 5.64. The van der Waals surface area contributed by atoms with Crippen LogP contribution in [0.5, 0.6) is 0 Å². The van der Waals surface area contributed by atoms with Crippen LogP contribution in [0.3, 0.4) is 0 Å². The fourth-order valence-electron chi connectivity index (χ4n) is 2.37. The highest BCUT2D eigenvalue weighted by Gasteiger charge is 2.24. The maximum Gasteiger partial charge on any atom is 0.0722 e. The summed E-state index contributed by atoms with van der Waals surface area (Å²) < 4.78 is 2.87. The van der Waals surface area contributed by atoms with E-state index in [2.05, 4.69) is 30.3 Å². The minimum Gasteiger partial charge on any atom is -0.379 e. The van der Waals surface area contributed by atoms with Crippen molar-refractivity contribution < 1.29 is 0 Å². The Labute approximate surface area is 117 Å². The number of aryl methyl sites for hydroxylation is 1. The summed E-state index contributed by atoms with van der Waals surface area (Å²) in [5, 5.41) is 5.84. The molecule has 1 nitrogen and oxygen atoms in total. The molecule has 0 saturated carbocycles. The maximum absolute atomic E-state index is 3.87. The summed E-state index contributed by atoms with van der Waals surface area (Å²) in [6, 6.07) is 2.25. The van der Waals surface area contributed by atoms with E-state index in [9.17, 15) is 0 Å². The maximum atomic E-state index is 3.87. The van der Waals surface area contributed by atoms with Gasteiger partial charge in [-0.15, -0.1) is 34.0 Å². The molecule has 3 aromatic heterocycles. The largest absolute Gasteiger partial charge is 0.379 e. The first-order valence-electron chi connectivity index (χ1n) is 5.78. The fraction of sp³-hybridized carbons (Fsp3) is 0.143. The molecule has 1 N–H and O–H groups in total. The third kappa shape index (κ3) is 1.31. The van der Waals surface area contributed by atoms with Crippen LogP contribution in [-0.4, -0.2) is 0 Å². The second-order valence-corrected chi connectivity index (χ2v) is 7.43. The van der Waals surface area contributed by atoms with Gasteiger partial charge in [-0.25, -0.2) is 0 Å². The molecule has 1 aliphatic heterocycles. The molecule has 0 unspecified atom stereocenters. The Kier molecular flexibility index (Phi) is 2.22. The summed E-state index contributed by atoms with van der Waals surface area (Å²) in [6.45, 7) is 7.01. The smallest absolute Gasteiger partial charge is 0.0722 e. The van der Waals surface area contributed by atoms with Crippen LogP contribution in [0.2, 0.25) is 0 Å². The molecule has 4 rings (SSSR count). The van der Waals surface area contributed by atoms with Crippen molar-refractivity contribution in [3.05, 3.63) is 34.0 Å². The van der Waals surface area contributed by atoms with Crippen LogP contribution < -0.4 is 5.32 Å². The third-order valence-corrected chi connectivity index (χ3v) is 7.17. The van der Waals surface area contributed by atoms with E-state index in [1.807, 2.05) is 40.1 Å². The molecule has 0 atom stereocenters. The van der Waals surface area contributed by atoms with E-state index in [0.29, 0.717) is 0 Å². The molecule has 0 saturated heterocycles. The van der Waals surface area contributed by atoms with Crippen molar-refractivity contribution in [2.45, 2.75) is 13.5 Å². The van der Waals surface area contributed by atoms with Crippen LogP contribution in [0, 0.1) is 6.92 Å². The first-order chi connectivity index (χ1) is 8.78. The molecule has 0 spiro atoms. The van der Waals surface area contributed by atoms with Crippen LogP contribution >= 0.6 is 34.0 Å². The lowest BCUT2D eigenvalue weighted by Gasteiger charge is -2.14. The Hall–Kier alpha value is -1.10. The van der Waals surface area contributed by atoms with E-state index in [1.54, 1.807) is 0 Å². The zero-order valence-electron chi connectivity index (χ0n) is 9.87. The van der Waals surface area contributed by atoms with Gasteiger partial charge in [0.1, 0.15) is 0 Å². The molecule has 1 aliphatic rings. The predicted octanol–water partition coefficient (Wildman–Crippen LogP) is 5.57. The van der Waals surface area contributed by atoms with Crippen LogP contribution in [-0.2, 0) is 6.54 Å². The number of anilines is 1. The second-order valence-electron chi connectivity index (χ2n) is 4.44. The van der Waals surface area contributed by atoms with E-state index >= 15 is 0 Å². The zero-order chi connectivity index (χ0) is 12.3. The highest BCUT2D eigenvalue weighted by Crippen LogP contribution is 2.52. The molecule has 18 heavy (non-hydrogen) atoms. The number of rotatable bonds is 1. The minimum atomic E-state index is 0.940. The zero-order valence-corrected chi connectivity index (χ0v) is 12.3. The van der Waals surface area contributed by atoms with E-state index < -0.39 is 0 Å². The van der Waals surface area contributed by atoms with Crippen LogP contribution in [0.25, 0.3) is 25.2 Å². The lowest BCUT2D eigenvalue weighted by atomic mass is 10.1. The molecule has 0 amide bonds. The molecule has 0 aliphatic carbocycles. The first kappa shape index (κ1) is 10.8. The van der Waals surface area contributed by atoms with Crippen molar-refractivity contribution in [2.75, 3.05) is 5.32 Å². The van der Waals surface area contributed by atoms with Gasteiger partial charge in [0.25, 0.3) is 0 Å². The van der Waals surface area contributed by atoms with Gasteiger partial charge in [0.2, 0.25) is 0 Å². The lowest BCUT2D eigenvalue weighted by Crippen LogP contribution is -2.03. The van der Waals surface area contributed by atoms with Crippen LogP contribution in [0.1, 0.15) is 16.0 Å². The lowest BCUT2D eigenvalue weighted by molar-refractivity contribution is 1.16. The van der Waals surface area contributed by atoms with Crippen molar-refractivity contribution in [3.63, 3.8) is 0 Å².